The second kappa shape index (κ2) is 3.67. The summed E-state index contributed by atoms with van der Waals surface area (Å²) < 4.78 is 1.19. The monoisotopic (exact) mass is 260 g/mol. The van der Waals surface area contributed by atoms with Crippen LogP contribution < -0.4 is 0 Å². The number of halogens is 1. The van der Waals surface area contributed by atoms with Crippen molar-refractivity contribution in [2.45, 2.75) is 19.3 Å². The number of thiazole rings is 1. The van der Waals surface area contributed by atoms with Crippen molar-refractivity contribution >= 4 is 27.3 Å². The number of likely N-dealkylation sites (N-methyl/N-ethyl adjacent to an activating group) is 1. The third-order valence-electron chi connectivity index (χ3n) is 2.50. The molecule has 2 nitrogen and oxygen atoms in total. The summed E-state index contributed by atoms with van der Waals surface area (Å²) in [6.07, 6.45) is 1.26. The van der Waals surface area contributed by atoms with E-state index in [2.05, 4.69) is 39.8 Å². The molecule has 1 aliphatic heterocycles. The minimum absolute atomic E-state index is 0.667. The molecule has 1 saturated heterocycles. The molecule has 0 spiro atoms. The average molecular weight is 261 g/mol. The van der Waals surface area contributed by atoms with Crippen molar-refractivity contribution in [1.29, 1.82) is 0 Å². The quantitative estimate of drug-likeness (QED) is 0.772. The van der Waals surface area contributed by atoms with Gasteiger partial charge in [-0.25, -0.2) is 4.98 Å². The van der Waals surface area contributed by atoms with Crippen molar-refractivity contribution in [2.75, 3.05) is 20.1 Å². The van der Waals surface area contributed by atoms with Crippen LogP contribution in [0.5, 0.6) is 0 Å². The molecule has 1 fully saturated rings. The van der Waals surface area contributed by atoms with E-state index in [1.54, 1.807) is 11.3 Å². The van der Waals surface area contributed by atoms with Gasteiger partial charge in [-0.1, -0.05) is 0 Å². The Bertz CT molecular complexity index is 291. The molecule has 2 heterocycles. The molecular weight excluding hydrogens is 248 g/mol. The average Bonchev–Trinajstić information content (AvgIpc) is 2.61. The first-order chi connectivity index (χ1) is 6.16. The maximum Gasteiger partial charge on any atom is 0.0984 e. The number of hydrogen-bond donors (Lipinski definition) is 0. The predicted molar refractivity (Wildman–Crippen MR) is 59.4 cm³/mol. The third kappa shape index (κ3) is 1.95. The van der Waals surface area contributed by atoms with Crippen molar-refractivity contribution in [3.8, 4) is 0 Å². The Morgan fingerprint density at radius 1 is 1.62 bits per heavy atom. The molecule has 72 valence electrons. The zero-order valence-electron chi connectivity index (χ0n) is 7.88. The highest BCUT2D eigenvalue weighted by atomic mass is 79.9. The molecule has 4 heteroatoms. The Morgan fingerprint density at radius 2 is 2.38 bits per heavy atom. The van der Waals surface area contributed by atoms with Gasteiger partial charge >= 0.3 is 0 Å². The Morgan fingerprint density at radius 3 is 2.85 bits per heavy atom. The van der Waals surface area contributed by atoms with Gasteiger partial charge in [-0.2, -0.15) is 0 Å². The smallest absolute Gasteiger partial charge is 0.0984 e. The van der Waals surface area contributed by atoms with Gasteiger partial charge in [-0.3, -0.25) is 0 Å². The molecule has 1 aromatic rings. The van der Waals surface area contributed by atoms with Crippen LogP contribution in [-0.2, 0) is 0 Å². The van der Waals surface area contributed by atoms with E-state index in [0.29, 0.717) is 5.92 Å². The van der Waals surface area contributed by atoms with E-state index in [1.165, 1.54) is 28.3 Å². The van der Waals surface area contributed by atoms with Gasteiger partial charge in [0.1, 0.15) is 0 Å². The minimum Gasteiger partial charge on any atom is -0.306 e. The van der Waals surface area contributed by atoms with Gasteiger partial charge in [-0.15, -0.1) is 11.3 Å². The molecule has 1 aliphatic rings. The molecule has 0 aromatic carbocycles. The fraction of sp³-hybridized carbons (Fsp3) is 0.667. The Kier molecular flexibility index (Phi) is 2.72. The van der Waals surface area contributed by atoms with Gasteiger partial charge in [-0.05, 0) is 42.9 Å². The normalized spacial score (nSPS) is 24.1. The second-order valence-corrected chi connectivity index (χ2v) is 6.01. The van der Waals surface area contributed by atoms with Crippen LogP contribution in [0.2, 0.25) is 0 Å². The van der Waals surface area contributed by atoms with Crippen LogP contribution in [0.25, 0.3) is 0 Å². The fourth-order valence-corrected chi connectivity index (χ4v) is 3.21. The van der Waals surface area contributed by atoms with Crippen LogP contribution >= 0.6 is 27.3 Å². The lowest BCUT2D eigenvalue weighted by atomic mass is 10.1. The molecule has 0 bridgehead atoms. The van der Waals surface area contributed by atoms with E-state index < -0.39 is 0 Å². The van der Waals surface area contributed by atoms with Crippen LogP contribution in [0.15, 0.2) is 3.79 Å². The van der Waals surface area contributed by atoms with Crippen molar-refractivity contribution in [3.63, 3.8) is 0 Å². The van der Waals surface area contributed by atoms with Crippen molar-refractivity contribution in [2.24, 2.45) is 0 Å². The lowest BCUT2D eigenvalue weighted by Crippen LogP contribution is -2.13. The molecule has 1 unspecified atom stereocenters. The number of rotatable bonds is 1. The zero-order valence-corrected chi connectivity index (χ0v) is 10.3. The highest BCUT2D eigenvalue weighted by molar-refractivity contribution is 9.11. The van der Waals surface area contributed by atoms with Gasteiger partial charge in [0.2, 0.25) is 0 Å². The van der Waals surface area contributed by atoms with Crippen LogP contribution in [0.1, 0.15) is 23.0 Å². The molecule has 0 aliphatic carbocycles. The van der Waals surface area contributed by atoms with Crippen LogP contribution in [-0.4, -0.2) is 30.0 Å². The van der Waals surface area contributed by atoms with Crippen molar-refractivity contribution in [3.05, 3.63) is 14.5 Å². The molecule has 1 atom stereocenters. The molecule has 0 N–H and O–H groups in total. The first-order valence-electron chi connectivity index (χ1n) is 4.48. The number of aryl methyl sites for hydroxylation is 1. The second-order valence-electron chi connectivity index (χ2n) is 3.66. The maximum absolute atomic E-state index is 4.57. The highest BCUT2D eigenvalue weighted by Crippen LogP contribution is 2.33. The topological polar surface area (TPSA) is 16.1 Å². The van der Waals surface area contributed by atoms with Gasteiger partial charge in [0.15, 0.2) is 0 Å². The number of hydrogen-bond acceptors (Lipinski definition) is 3. The Labute approximate surface area is 91.1 Å². The van der Waals surface area contributed by atoms with Crippen LogP contribution in [0, 0.1) is 6.92 Å². The van der Waals surface area contributed by atoms with E-state index in [4.69, 9.17) is 0 Å². The number of likely N-dealkylation sites (tertiary alicyclic amines) is 1. The summed E-state index contributed by atoms with van der Waals surface area (Å²) in [6, 6.07) is 0. The van der Waals surface area contributed by atoms with Gasteiger partial charge in [0.05, 0.1) is 14.5 Å². The summed E-state index contributed by atoms with van der Waals surface area (Å²) in [6.45, 7) is 4.43. The SMILES string of the molecule is Cc1nc(C2CCN(C)C2)sc1Br. The van der Waals surface area contributed by atoms with E-state index in [1.807, 2.05) is 0 Å². The molecule has 0 saturated carbocycles. The van der Waals surface area contributed by atoms with Gasteiger partial charge in [0, 0.05) is 12.5 Å². The van der Waals surface area contributed by atoms with Gasteiger partial charge in [0.25, 0.3) is 0 Å². The first kappa shape index (κ1) is 9.62. The summed E-state index contributed by atoms with van der Waals surface area (Å²) in [5.74, 6) is 0.667. The molecule has 1 aromatic heterocycles. The summed E-state index contributed by atoms with van der Waals surface area (Å²) in [7, 11) is 2.18. The highest BCUT2D eigenvalue weighted by Gasteiger charge is 2.24. The van der Waals surface area contributed by atoms with E-state index in [9.17, 15) is 0 Å². The van der Waals surface area contributed by atoms with Crippen molar-refractivity contribution < 1.29 is 0 Å². The zero-order chi connectivity index (χ0) is 9.42. The predicted octanol–water partition coefficient (Wildman–Crippen LogP) is 2.63. The van der Waals surface area contributed by atoms with Crippen LogP contribution in [0.3, 0.4) is 0 Å². The molecule has 2 rings (SSSR count). The Hall–Kier alpha value is 0.0700. The summed E-state index contributed by atoms with van der Waals surface area (Å²) in [5.41, 5.74) is 1.13. The number of nitrogens with zero attached hydrogens (tertiary/aromatic N) is 2. The first-order valence-corrected chi connectivity index (χ1v) is 6.09. The minimum atomic E-state index is 0.667. The Balaban J connectivity index is 2.17. The largest absolute Gasteiger partial charge is 0.306 e. The summed E-state index contributed by atoms with van der Waals surface area (Å²) >= 11 is 5.31. The molecular formula is C9H13BrN2S. The molecule has 0 radical (unpaired) electrons. The lowest BCUT2D eigenvalue weighted by molar-refractivity contribution is 0.411. The summed E-state index contributed by atoms with van der Waals surface area (Å²) in [5, 5.41) is 1.30. The van der Waals surface area contributed by atoms with E-state index in [-0.39, 0.29) is 0 Å². The number of aromatic nitrogens is 1. The molecule has 0 amide bonds. The van der Waals surface area contributed by atoms with E-state index in [0.717, 1.165) is 5.69 Å². The van der Waals surface area contributed by atoms with Gasteiger partial charge < -0.3 is 4.90 Å². The third-order valence-corrected chi connectivity index (χ3v) is 4.66. The fourth-order valence-electron chi connectivity index (χ4n) is 1.71. The summed E-state index contributed by atoms with van der Waals surface area (Å²) in [4.78, 5) is 6.94. The van der Waals surface area contributed by atoms with Crippen molar-refractivity contribution in [1.82, 2.24) is 9.88 Å². The molecule has 13 heavy (non-hydrogen) atoms. The standard InChI is InChI=1S/C9H13BrN2S/c1-6-8(10)13-9(11-6)7-3-4-12(2)5-7/h7H,3-5H2,1-2H3. The van der Waals surface area contributed by atoms with Crippen LogP contribution in [0.4, 0.5) is 0 Å². The van der Waals surface area contributed by atoms with E-state index >= 15 is 0 Å². The maximum atomic E-state index is 4.57. The lowest BCUT2D eigenvalue weighted by Gasteiger charge is -2.06.